The van der Waals surface area contributed by atoms with Crippen LogP contribution < -0.4 is 5.73 Å². The molecule has 1 aliphatic rings. The number of ether oxygens (including phenoxy) is 1. The number of fused-ring (bicyclic) bond motifs is 1. The second kappa shape index (κ2) is 4.35. The molecule has 0 unspecified atom stereocenters. The summed E-state index contributed by atoms with van der Waals surface area (Å²) in [6.07, 6.45) is 3.22. The summed E-state index contributed by atoms with van der Waals surface area (Å²) in [6.45, 7) is -0.365. The molecule has 0 fully saturated rings. The molecule has 0 spiro atoms. The minimum Gasteiger partial charge on any atom is -0.452 e. The normalized spacial score (nSPS) is 13.2. The summed E-state index contributed by atoms with van der Waals surface area (Å²) >= 11 is 0. The van der Waals surface area contributed by atoms with Crippen molar-refractivity contribution in [1.29, 1.82) is 0 Å². The van der Waals surface area contributed by atoms with Crippen molar-refractivity contribution in [2.75, 3.05) is 6.61 Å². The van der Waals surface area contributed by atoms with Crippen LogP contribution >= 0.6 is 0 Å². The Morgan fingerprint density at radius 1 is 1.25 bits per heavy atom. The lowest BCUT2D eigenvalue weighted by atomic mass is 10.1. The van der Waals surface area contributed by atoms with E-state index in [1.807, 2.05) is 12.1 Å². The minimum atomic E-state index is -0.644. The molecule has 4 heteroatoms. The van der Waals surface area contributed by atoms with Gasteiger partial charge in [0, 0.05) is 0 Å². The van der Waals surface area contributed by atoms with E-state index in [0.29, 0.717) is 5.56 Å². The molecule has 0 atom stereocenters. The topological polar surface area (TPSA) is 69.4 Å². The smallest absolute Gasteiger partial charge is 0.338 e. The number of amides is 1. The molecule has 1 aliphatic carbocycles. The van der Waals surface area contributed by atoms with Crippen LogP contribution in [0.1, 0.15) is 27.9 Å². The Kier molecular flexibility index (Phi) is 2.90. The Balaban J connectivity index is 2.09. The molecular weight excluding hydrogens is 206 g/mol. The number of hydrogen-bond acceptors (Lipinski definition) is 3. The fourth-order valence-electron chi connectivity index (χ4n) is 1.92. The predicted molar refractivity (Wildman–Crippen MR) is 57.9 cm³/mol. The number of nitrogens with two attached hydrogens (primary N) is 1. The van der Waals surface area contributed by atoms with Gasteiger partial charge in [-0.15, -0.1) is 0 Å². The molecular formula is C12H13NO3. The van der Waals surface area contributed by atoms with Gasteiger partial charge in [-0.25, -0.2) is 4.79 Å². The molecule has 0 radical (unpaired) electrons. The highest BCUT2D eigenvalue weighted by molar-refractivity contribution is 5.91. The van der Waals surface area contributed by atoms with Gasteiger partial charge in [0.15, 0.2) is 6.61 Å². The van der Waals surface area contributed by atoms with Gasteiger partial charge in [-0.05, 0) is 42.5 Å². The third kappa shape index (κ3) is 2.21. The first-order chi connectivity index (χ1) is 7.66. The van der Waals surface area contributed by atoms with E-state index < -0.39 is 11.9 Å². The molecule has 2 N–H and O–H groups in total. The lowest BCUT2D eigenvalue weighted by molar-refractivity contribution is -0.121. The van der Waals surface area contributed by atoms with E-state index in [9.17, 15) is 9.59 Å². The van der Waals surface area contributed by atoms with Gasteiger partial charge in [0.2, 0.25) is 0 Å². The summed E-state index contributed by atoms with van der Waals surface area (Å²) in [5, 5.41) is 0. The Hall–Kier alpha value is -1.84. The summed E-state index contributed by atoms with van der Waals surface area (Å²) in [7, 11) is 0. The minimum absolute atomic E-state index is 0.365. The van der Waals surface area contributed by atoms with Crippen molar-refractivity contribution < 1.29 is 14.3 Å². The molecule has 0 saturated heterocycles. The van der Waals surface area contributed by atoms with E-state index in [1.165, 1.54) is 11.1 Å². The molecule has 0 saturated carbocycles. The molecule has 84 valence electrons. The Morgan fingerprint density at radius 3 is 2.75 bits per heavy atom. The quantitative estimate of drug-likeness (QED) is 0.765. The first-order valence-corrected chi connectivity index (χ1v) is 5.24. The summed E-state index contributed by atoms with van der Waals surface area (Å²) < 4.78 is 4.74. The van der Waals surface area contributed by atoms with Crippen LogP contribution in [-0.4, -0.2) is 18.5 Å². The van der Waals surface area contributed by atoms with Crippen molar-refractivity contribution in [3.8, 4) is 0 Å². The van der Waals surface area contributed by atoms with Crippen LogP contribution in [0.3, 0.4) is 0 Å². The number of esters is 1. The van der Waals surface area contributed by atoms with Crippen molar-refractivity contribution >= 4 is 11.9 Å². The van der Waals surface area contributed by atoms with Gasteiger partial charge in [-0.2, -0.15) is 0 Å². The third-order valence-electron chi connectivity index (χ3n) is 2.68. The maximum Gasteiger partial charge on any atom is 0.338 e. The van der Waals surface area contributed by atoms with Crippen LogP contribution in [0, 0.1) is 0 Å². The largest absolute Gasteiger partial charge is 0.452 e. The van der Waals surface area contributed by atoms with E-state index in [4.69, 9.17) is 10.5 Å². The van der Waals surface area contributed by atoms with Crippen molar-refractivity contribution in [3.63, 3.8) is 0 Å². The highest BCUT2D eigenvalue weighted by Gasteiger charge is 2.14. The Labute approximate surface area is 93.4 Å². The van der Waals surface area contributed by atoms with Gasteiger partial charge in [-0.1, -0.05) is 6.07 Å². The van der Waals surface area contributed by atoms with Gasteiger partial charge in [0.1, 0.15) is 0 Å². The molecule has 1 amide bonds. The average molecular weight is 219 g/mol. The molecule has 0 bridgehead atoms. The summed E-state index contributed by atoms with van der Waals surface area (Å²) in [5.74, 6) is -1.14. The van der Waals surface area contributed by atoms with E-state index >= 15 is 0 Å². The third-order valence-corrected chi connectivity index (χ3v) is 2.68. The molecule has 1 aromatic rings. The lowest BCUT2D eigenvalue weighted by Gasteiger charge is -2.04. The number of aryl methyl sites for hydroxylation is 2. The van der Waals surface area contributed by atoms with Crippen LogP contribution in [0.25, 0.3) is 0 Å². The molecule has 0 aromatic heterocycles. The fraction of sp³-hybridized carbons (Fsp3) is 0.333. The standard InChI is InChI=1S/C12H13NO3/c13-11(14)7-16-12(15)10-5-4-8-2-1-3-9(8)6-10/h4-6H,1-3,7H2,(H2,13,14). The molecule has 0 aliphatic heterocycles. The molecule has 1 aromatic carbocycles. The Bertz CT molecular complexity index is 440. The monoisotopic (exact) mass is 219 g/mol. The summed E-state index contributed by atoms with van der Waals surface area (Å²) in [4.78, 5) is 22.0. The Morgan fingerprint density at radius 2 is 2.00 bits per heavy atom. The van der Waals surface area contributed by atoms with E-state index in [0.717, 1.165) is 19.3 Å². The first kappa shape index (κ1) is 10.7. The van der Waals surface area contributed by atoms with Crippen LogP contribution in [0.15, 0.2) is 18.2 Å². The van der Waals surface area contributed by atoms with Crippen molar-refractivity contribution in [2.24, 2.45) is 5.73 Å². The zero-order valence-electron chi connectivity index (χ0n) is 8.86. The predicted octanol–water partition coefficient (Wildman–Crippen LogP) is 0.817. The lowest BCUT2D eigenvalue weighted by Crippen LogP contribution is -2.20. The SMILES string of the molecule is NC(=O)COC(=O)c1ccc2c(c1)CCC2. The van der Waals surface area contributed by atoms with Crippen LogP contribution in [0.2, 0.25) is 0 Å². The maximum atomic E-state index is 11.5. The van der Waals surface area contributed by atoms with Gasteiger partial charge in [0.25, 0.3) is 5.91 Å². The summed E-state index contributed by atoms with van der Waals surface area (Å²) in [5.41, 5.74) is 7.88. The molecule has 4 nitrogen and oxygen atoms in total. The highest BCUT2D eigenvalue weighted by atomic mass is 16.5. The maximum absolute atomic E-state index is 11.5. The number of carbonyl (C=O) groups is 2. The van der Waals surface area contributed by atoms with Crippen molar-refractivity contribution in [2.45, 2.75) is 19.3 Å². The fourth-order valence-corrected chi connectivity index (χ4v) is 1.92. The number of rotatable bonds is 3. The molecule has 16 heavy (non-hydrogen) atoms. The van der Waals surface area contributed by atoms with Crippen LogP contribution in [0.5, 0.6) is 0 Å². The van der Waals surface area contributed by atoms with Gasteiger partial charge in [-0.3, -0.25) is 4.79 Å². The number of carbonyl (C=O) groups excluding carboxylic acids is 2. The van der Waals surface area contributed by atoms with Gasteiger partial charge in [0.05, 0.1) is 5.56 Å². The van der Waals surface area contributed by atoms with Crippen molar-refractivity contribution in [1.82, 2.24) is 0 Å². The summed E-state index contributed by atoms with van der Waals surface area (Å²) in [6, 6.07) is 5.52. The van der Waals surface area contributed by atoms with E-state index in [-0.39, 0.29) is 6.61 Å². The van der Waals surface area contributed by atoms with Crippen LogP contribution in [-0.2, 0) is 22.4 Å². The van der Waals surface area contributed by atoms with Crippen LogP contribution in [0.4, 0.5) is 0 Å². The zero-order valence-corrected chi connectivity index (χ0v) is 8.86. The number of hydrogen-bond donors (Lipinski definition) is 1. The molecule has 0 heterocycles. The second-order valence-electron chi connectivity index (χ2n) is 3.88. The average Bonchev–Trinajstić information content (AvgIpc) is 2.72. The zero-order chi connectivity index (χ0) is 11.5. The van der Waals surface area contributed by atoms with E-state index in [2.05, 4.69) is 0 Å². The van der Waals surface area contributed by atoms with E-state index in [1.54, 1.807) is 6.07 Å². The van der Waals surface area contributed by atoms with Gasteiger partial charge >= 0.3 is 5.97 Å². The first-order valence-electron chi connectivity index (χ1n) is 5.24. The van der Waals surface area contributed by atoms with Crippen molar-refractivity contribution in [3.05, 3.63) is 34.9 Å². The number of primary amides is 1. The second-order valence-corrected chi connectivity index (χ2v) is 3.88. The highest BCUT2D eigenvalue weighted by Crippen LogP contribution is 2.22. The number of benzene rings is 1. The van der Waals surface area contributed by atoms with Gasteiger partial charge < -0.3 is 10.5 Å². The molecule has 2 rings (SSSR count).